The molecule has 2 amide bonds. The monoisotopic (exact) mass is 352 g/mol. The summed E-state index contributed by atoms with van der Waals surface area (Å²) in [5.74, 6) is -0.0899. The highest BCUT2D eigenvalue weighted by atomic mass is 16.2. The number of carbonyl (C=O) groups is 2. The van der Waals surface area contributed by atoms with Gasteiger partial charge in [-0.05, 0) is 43.4 Å². The van der Waals surface area contributed by atoms with Crippen molar-refractivity contribution in [2.24, 2.45) is 0 Å². The Morgan fingerprint density at radius 2 is 1.62 bits per heavy atom. The number of amides is 2. The van der Waals surface area contributed by atoms with E-state index in [2.05, 4.69) is 5.32 Å². The van der Waals surface area contributed by atoms with Crippen molar-refractivity contribution in [2.45, 2.75) is 40.0 Å². The third-order valence-electron chi connectivity index (χ3n) is 4.60. The zero-order valence-corrected chi connectivity index (χ0v) is 16.3. The van der Waals surface area contributed by atoms with Gasteiger partial charge in [0.15, 0.2) is 0 Å². The van der Waals surface area contributed by atoms with Gasteiger partial charge in [0.25, 0.3) is 0 Å². The third-order valence-corrected chi connectivity index (χ3v) is 4.60. The molecule has 0 aliphatic heterocycles. The Labute approximate surface area is 156 Å². The molecule has 2 aromatic carbocycles. The largest absolute Gasteiger partial charge is 0.336 e. The number of aryl methyl sites for hydroxylation is 3. The van der Waals surface area contributed by atoms with E-state index in [9.17, 15) is 9.59 Å². The number of hydrogen-bond acceptors (Lipinski definition) is 2. The number of likely N-dealkylation sites (N-methyl/N-ethyl adjacent to an activating group) is 1. The van der Waals surface area contributed by atoms with Crippen molar-refractivity contribution in [3.63, 3.8) is 0 Å². The fraction of sp³-hybridized carbons (Fsp3) is 0.364. The molecule has 0 aliphatic rings. The van der Waals surface area contributed by atoms with E-state index in [1.54, 1.807) is 7.05 Å². The van der Waals surface area contributed by atoms with Crippen molar-refractivity contribution >= 4 is 17.5 Å². The van der Waals surface area contributed by atoms with E-state index < -0.39 is 0 Å². The number of anilines is 1. The fourth-order valence-corrected chi connectivity index (χ4v) is 3.18. The van der Waals surface area contributed by atoms with E-state index in [-0.39, 0.29) is 24.3 Å². The van der Waals surface area contributed by atoms with Gasteiger partial charge >= 0.3 is 0 Å². The molecule has 4 heteroatoms. The Hall–Kier alpha value is -2.62. The van der Waals surface area contributed by atoms with Gasteiger partial charge in [-0.2, -0.15) is 0 Å². The lowest BCUT2D eigenvalue weighted by Crippen LogP contribution is -2.35. The first-order chi connectivity index (χ1) is 12.3. The topological polar surface area (TPSA) is 49.4 Å². The molecule has 0 aliphatic carbocycles. The molecule has 2 rings (SSSR count). The van der Waals surface area contributed by atoms with E-state index in [1.807, 2.05) is 70.2 Å². The molecule has 0 fully saturated rings. The predicted octanol–water partition coefficient (Wildman–Crippen LogP) is 4.20. The highest BCUT2D eigenvalue weighted by Gasteiger charge is 2.18. The van der Waals surface area contributed by atoms with Crippen LogP contribution in [0.15, 0.2) is 42.5 Å². The molecule has 1 N–H and O–H groups in total. The maximum Gasteiger partial charge on any atom is 0.243 e. The average molecular weight is 352 g/mol. The van der Waals surface area contributed by atoms with Crippen LogP contribution >= 0.6 is 0 Å². The number of benzene rings is 2. The number of nitrogens with zero attached hydrogens (tertiary/aromatic N) is 1. The minimum atomic E-state index is -0.178. The van der Waals surface area contributed by atoms with Gasteiger partial charge in [0.1, 0.15) is 0 Å². The molecule has 4 nitrogen and oxygen atoms in total. The van der Waals surface area contributed by atoms with Crippen molar-refractivity contribution < 1.29 is 9.59 Å². The van der Waals surface area contributed by atoms with Crippen molar-refractivity contribution in [3.05, 3.63) is 64.7 Å². The summed E-state index contributed by atoms with van der Waals surface area (Å²) in [7, 11) is 1.68. The van der Waals surface area contributed by atoms with Gasteiger partial charge in [-0.15, -0.1) is 0 Å². The normalized spacial score (nSPS) is 11.7. The second-order valence-corrected chi connectivity index (χ2v) is 7.09. The summed E-state index contributed by atoms with van der Waals surface area (Å²) in [6.45, 7) is 8.07. The summed E-state index contributed by atoms with van der Waals surface area (Å²) >= 11 is 0. The van der Waals surface area contributed by atoms with E-state index in [4.69, 9.17) is 0 Å². The Morgan fingerprint density at radius 1 is 1.04 bits per heavy atom. The van der Waals surface area contributed by atoms with Crippen molar-refractivity contribution in [1.29, 1.82) is 0 Å². The lowest BCUT2D eigenvalue weighted by Gasteiger charge is -2.20. The highest BCUT2D eigenvalue weighted by molar-refractivity contribution is 5.95. The first-order valence-corrected chi connectivity index (χ1v) is 8.94. The molecule has 1 atom stereocenters. The Morgan fingerprint density at radius 3 is 2.19 bits per heavy atom. The molecule has 1 unspecified atom stereocenters. The van der Waals surface area contributed by atoms with E-state index in [0.29, 0.717) is 6.42 Å². The SMILES string of the molecule is Cc1cc(C)c(NC(=O)CN(C)C(=O)CC(C)c2ccccc2)c(C)c1. The van der Waals surface area contributed by atoms with Gasteiger partial charge in [0, 0.05) is 19.2 Å². The smallest absolute Gasteiger partial charge is 0.243 e. The zero-order valence-electron chi connectivity index (χ0n) is 16.3. The molecule has 0 aromatic heterocycles. The lowest BCUT2D eigenvalue weighted by atomic mass is 9.97. The Kier molecular flexibility index (Phi) is 6.56. The second kappa shape index (κ2) is 8.65. The van der Waals surface area contributed by atoms with Gasteiger partial charge in [0.2, 0.25) is 11.8 Å². The summed E-state index contributed by atoms with van der Waals surface area (Å²) in [6, 6.07) is 14.0. The maximum absolute atomic E-state index is 12.4. The maximum atomic E-state index is 12.4. The number of nitrogens with one attached hydrogen (secondary N) is 1. The van der Waals surface area contributed by atoms with Crippen molar-refractivity contribution in [3.8, 4) is 0 Å². The molecule has 0 saturated carbocycles. The molecular formula is C22H28N2O2. The van der Waals surface area contributed by atoms with Crippen LogP contribution in [0, 0.1) is 20.8 Å². The molecule has 0 saturated heterocycles. The molecule has 0 spiro atoms. The number of hydrogen-bond donors (Lipinski definition) is 1. The summed E-state index contributed by atoms with van der Waals surface area (Å²) in [5.41, 5.74) is 5.19. The third kappa shape index (κ3) is 5.19. The van der Waals surface area contributed by atoms with Gasteiger partial charge in [-0.25, -0.2) is 0 Å². The van der Waals surface area contributed by atoms with Crippen LogP contribution in [0.4, 0.5) is 5.69 Å². The Balaban J connectivity index is 1.93. The summed E-state index contributed by atoms with van der Waals surface area (Å²) < 4.78 is 0. The average Bonchev–Trinajstić information content (AvgIpc) is 2.58. The lowest BCUT2D eigenvalue weighted by molar-refractivity contribution is -0.133. The standard InChI is InChI=1S/C22H28N2O2/c1-15-11-17(3)22(18(4)12-15)23-20(25)14-24(5)21(26)13-16(2)19-9-7-6-8-10-19/h6-12,16H,13-14H2,1-5H3,(H,23,25). The van der Waals surface area contributed by atoms with Crippen LogP contribution in [-0.2, 0) is 9.59 Å². The van der Waals surface area contributed by atoms with Crippen LogP contribution < -0.4 is 5.32 Å². The first-order valence-electron chi connectivity index (χ1n) is 8.94. The van der Waals surface area contributed by atoms with Crippen LogP contribution in [0.1, 0.15) is 41.5 Å². The zero-order chi connectivity index (χ0) is 19.3. The molecule has 0 bridgehead atoms. The van der Waals surface area contributed by atoms with Crippen LogP contribution in [0.25, 0.3) is 0 Å². The molecule has 138 valence electrons. The summed E-state index contributed by atoms with van der Waals surface area (Å²) in [4.78, 5) is 26.3. The molecule has 26 heavy (non-hydrogen) atoms. The van der Waals surface area contributed by atoms with E-state index >= 15 is 0 Å². The quantitative estimate of drug-likeness (QED) is 0.847. The van der Waals surface area contributed by atoms with Crippen molar-refractivity contribution in [1.82, 2.24) is 4.90 Å². The molecule has 0 radical (unpaired) electrons. The molecule has 2 aromatic rings. The molecule has 0 heterocycles. The van der Waals surface area contributed by atoms with Gasteiger partial charge in [-0.1, -0.05) is 55.0 Å². The Bertz CT molecular complexity index is 761. The minimum Gasteiger partial charge on any atom is -0.336 e. The van der Waals surface area contributed by atoms with Crippen LogP contribution in [0.5, 0.6) is 0 Å². The fourth-order valence-electron chi connectivity index (χ4n) is 3.18. The van der Waals surface area contributed by atoms with Gasteiger partial charge in [0.05, 0.1) is 6.54 Å². The van der Waals surface area contributed by atoms with Crippen LogP contribution in [0.2, 0.25) is 0 Å². The van der Waals surface area contributed by atoms with E-state index in [0.717, 1.165) is 22.4 Å². The number of carbonyl (C=O) groups excluding carboxylic acids is 2. The minimum absolute atomic E-state index is 0.0335. The first kappa shape index (κ1) is 19.7. The van der Waals surface area contributed by atoms with Crippen LogP contribution in [-0.4, -0.2) is 30.3 Å². The van der Waals surface area contributed by atoms with Crippen molar-refractivity contribution in [2.75, 3.05) is 18.9 Å². The van der Waals surface area contributed by atoms with E-state index in [1.165, 1.54) is 10.5 Å². The predicted molar refractivity (Wildman–Crippen MR) is 106 cm³/mol. The second-order valence-electron chi connectivity index (χ2n) is 7.09. The highest BCUT2D eigenvalue weighted by Crippen LogP contribution is 2.22. The molecular weight excluding hydrogens is 324 g/mol. The van der Waals surface area contributed by atoms with Gasteiger partial charge < -0.3 is 10.2 Å². The van der Waals surface area contributed by atoms with Crippen LogP contribution in [0.3, 0.4) is 0 Å². The summed E-state index contributed by atoms with van der Waals surface area (Å²) in [5, 5.41) is 2.94. The summed E-state index contributed by atoms with van der Waals surface area (Å²) in [6.07, 6.45) is 0.385. The van der Waals surface area contributed by atoms with Gasteiger partial charge in [-0.3, -0.25) is 9.59 Å². The number of rotatable bonds is 6.